The van der Waals surface area contributed by atoms with Crippen molar-refractivity contribution in [3.63, 3.8) is 0 Å². The van der Waals surface area contributed by atoms with Crippen molar-refractivity contribution in [3.8, 4) is 0 Å². The first kappa shape index (κ1) is 19.4. The Morgan fingerprint density at radius 2 is 1.73 bits per heavy atom. The van der Waals surface area contributed by atoms with Crippen molar-refractivity contribution in [2.75, 3.05) is 12.8 Å². The summed E-state index contributed by atoms with van der Waals surface area (Å²) < 4.78 is 16.7. The van der Waals surface area contributed by atoms with Crippen LogP contribution in [0.15, 0.2) is 12.1 Å². The number of nitrogen functional groups attached to an aromatic ring is 1. The van der Waals surface area contributed by atoms with Gasteiger partial charge in [-0.05, 0) is 27.7 Å². The van der Waals surface area contributed by atoms with Gasteiger partial charge in [-0.1, -0.05) is 17.2 Å². The zero-order valence-corrected chi connectivity index (χ0v) is 17.8. The predicted molar refractivity (Wildman–Crippen MR) is 82.4 cm³/mol. The zero-order chi connectivity index (χ0) is 16.0. The molecule has 0 amide bonds. The minimum absolute atomic E-state index is 0. The van der Waals surface area contributed by atoms with Crippen LogP contribution >= 0.6 is 0 Å². The van der Waals surface area contributed by atoms with Crippen LogP contribution in [0.2, 0.25) is 0 Å². The fourth-order valence-corrected chi connectivity index (χ4v) is 2.13. The van der Waals surface area contributed by atoms with Crippen LogP contribution in [0.3, 0.4) is 0 Å². The van der Waals surface area contributed by atoms with Gasteiger partial charge in [-0.2, -0.15) is 18.6 Å². The van der Waals surface area contributed by atoms with E-state index in [2.05, 4.69) is 6.92 Å². The minimum atomic E-state index is -0.570. The van der Waals surface area contributed by atoms with E-state index in [0.717, 1.165) is 0 Å². The number of methoxy groups -OCH3 is 1. The van der Waals surface area contributed by atoms with Gasteiger partial charge in [-0.15, -0.1) is 0 Å². The Bertz CT molecular complexity index is 573. The molecule has 0 unspecified atom stereocenters. The van der Waals surface area contributed by atoms with Gasteiger partial charge < -0.3 is 19.8 Å². The van der Waals surface area contributed by atoms with E-state index in [-0.39, 0.29) is 36.7 Å². The summed E-state index contributed by atoms with van der Waals surface area (Å²) in [5.74, 6) is -0.504. The molecular weight excluding hydrogens is 507 g/mol. The summed E-state index contributed by atoms with van der Waals surface area (Å²) in [5.41, 5.74) is 6.81. The Hall–Kier alpha value is -0.603. The maximum Gasteiger partial charge on any atom is 0.481 e. The number of carbonyl (C=O) groups is 1. The van der Waals surface area contributed by atoms with Crippen molar-refractivity contribution in [2.45, 2.75) is 38.9 Å². The molecule has 2 rings (SSSR count). The number of ether oxygens (including phenoxy) is 1. The van der Waals surface area contributed by atoms with Gasteiger partial charge in [0.25, 0.3) is 0 Å². The van der Waals surface area contributed by atoms with Crippen LogP contribution in [0.1, 0.15) is 43.6 Å². The zero-order valence-electron chi connectivity index (χ0n) is 13.6. The van der Waals surface area contributed by atoms with E-state index in [0.29, 0.717) is 16.7 Å². The van der Waals surface area contributed by atoms with Gasteiger partial charge >= 0.3 is 13.1 Å². The summed E-state index contributed by atoms with van der Waals surface area (Å²) in [6.07, 6.45) is 0. The molecule has 0 bridgehead atoms. The maximum atomic E-state index is 11.8. The van der Waals surface area contributed by atoms with Crippen LogP contribution in [0.5, 0.6) is 0 Å². The number of carbonyl (C=O) groups excluding carboxylic acids is 1. The van der Waals surface area contributed by atoms with Crippen molar-refractivity contribution in [1.82, 2.24) is 0 Å². The Morgan fingerprint density at radius 1 is 1.23 bits per heavy atom. The van der Waals surface area contributed by atoms with Crippen molar-refractivity contribution in [2.24, 2.45) is 0 Å². The molecule has 0 atom stereocenters. The number of hydrogen-bond donors (Lipinski definition) is 1. The molecule has 1 saturated heterocycles. The number of anilines is 1. The second-order valence-electron chi connectivity index (χ2n) is 6.22. The fraction of sp³-hybridized carbons (Fsp3) is 0.467. The van der Waals surface area contributed by atoms with E-state index in [1.807, 2.05) is 27.7 Å². The van der Waals surface area contributed by atoms with Crippen LogP contribution in [0.25, 0.3) is 0 Å². The van der Waals surface area contributed by atoms with Crippen molar-refractivity contribution < 1.29 is 50.0 Å². The molecule has 1 aliphatic heterocycles. The number of esters is 1. The van der Waals surface area contributed by atoms with Gasteiger partial charge in [0.2, 0.25) is 0 Å². The molecule has 0 radical (unpaired) electrons. The Balaban J connectivity index is 0.00000242. The fourth-order valence-electron chi connectivity index (χ4n) is 2.13. The maximum absolute atomic E-state index is 11.8. The van der Waals surface area contributed by atoms with Gasteiger partial charge in [0.1, 0.15) is 0 Å². The molecule has 5 nitrogen and oxygen atoms in total. The predicted octanol–water partition coefficient (Wildman–Crippen LogP) is 1.54. The quantitative estimate of drug-likeness (QED) is 0.273. The minimum Gasteiger partial charge on any atom is -0.466 e. The van der Waals surface area contributed by atoms with Crippen molar-refractivity contribution in [1.29, 1.82) is 0 Å². The van der Waals surface area contributed by atoms with Gasteiger partial charge in [-0.25, -0.2) is 4.79 Å². The third kappa shape index (κ3) is 3.33. The first-order valence-electron chi connectivity index (χ1n) is 6.78. The van der Waals surface area contributed by atoms with Crippen LogP contribution in [0, 0.1) is 38.0 Å². The average molecular weight is 528 g/mol. The van der Waals surface area contributed by atoms with Gasteiger partial charge in [0, 0.05) is 36.7 Å². The summed E-state index contributed by atoms with van der Waals surface area (Å²) in [6.45, 7) is 11.7. The molecule has 118 valence electrons. The molecule has 0 aliphatic carbocycles. The van der Waals surface area contributed by atoms with E-state index in [1.54, 1.807) is 12.1 Å². The normalized spacial score (nSPS) is 18.7. The average Bonchev–Trinajstić information content (AvgIpc) is 2.60. The Labute approximate surface area is 155 Å². The van der Waals surface area contributed by atoms with Crippen LogP contribution < -0.4 is 11.2 Å². The molecule has 22 heavy (non-hydrogen) atoms. The van der Waals surface area contributed by atoms with Crippen LogP contribution in [0.4, 0.5) is 5.69 Å². The first-order valence-corrected chi connectivity index (χ1v) is 6.78. The van der Waals surface area contributed by atoms with E-state index in [9.17, 15) is 4.79 Å². The standard InChI is InChI=1S/C15H21BNO4.U/c1-9-7-10(8-11(12(9)17)13(18)19-6)16-20-14(2,3)15(4,5)21-16;/h7-8H,1,17H2,2-6H3;/q-1;. The molecule has 1 aromatic carbocycles. The third-order valence-electron chi connectivity index (χ3n) is 4.22. The molecule has 0 saturated carbocycles. The van der Waals surface area contributed by atoms with Crippen LogP contribution in [-0.2, 0) is 14.0 Å². The summed E-state index contributed by atoms with van der Waals surface area (Å²) in [5, 5.41) is 0. The Morgan fingerprint density at radius 3 is 2.18 bits per heavy atom. The molecular formula is C15H21BNO4U-. The first-order chi connectivity index (χ1) is 9.59. The van der Waals surface area contributed by atoms with Crippen LogP contribution in [-0.4, -0.2) is 31.4 Å². The molecule has 1 fully saturated rings. The number of hydrogen-bond acceptors (Lipinski definition) is 5. The van der Waals surface area contributed by atoms with E-state index < -0.39 is 24.3 Å². The molecule has 2 N–H and O–H groups in total. The topological polar surface area (TPSA) is 70.8 Å². The van der Waals surface area contributed by atoms with Gasteiger partial charge in [-0.3, -0.25) is 0 Å². The van der Waals surface area contributed by atoms with E-state index >= 15 is 0 Å². The Kier molecular flexibility index (Phi) is 5.73. The van der Waals surface area contributed by atoms with Crippen molar-refractivity contribution >= 4 is 24.2 Å². The number of benzene rings is 1. The number of nitrogens with two attached hydrogens (primary N) is 1. The molecule has 1 aliphatic rings. The summed E-state index contributed by atoms with van der Waals surface area (Å²) in [4.78, 5) is 11.8. The molecule has 1 aromatic rings. The molecule has 1 heterocycles. The smallest absolute Gasteiger partial charge is 0.466 e. The van der Waals surface area contributed by atoms with Gasteiger partial charge in [0.15, 0.2) is 0 Å². The van der Waals surface area contributed by atoms with E-state index in [1.165, 1.54) is 7.11 Å². The van der Waals surface area contributed by atoms with E-state index in [4.69, 9.17) is 19.8 Å². The monoisotopic (exact) mass is 528 g/mol. The molecule has 7 heteroatoms. The SMILES string of the molecule is [CH2-]c1cc(B2OC(C)(C)C(C)(C)O2)cc(C(=O)OC)c1N.[U]. The summed E-state index contributed by atoms with van der Waals surface area (Å²) in [6, 6.07) is 3.40. The number of rotatable bonds is 2. The second-order valence-corrected chi connectivity index (χ2v) is 6.22. The van der Waals surface area contributed by atoms with Crippen molar-refractivity contribution in [3.05, 3.63) is 30.2 Å². The molecule has 0 spiro atoms. The summed E-state index contributed by atoms with van der Waals surface area (Å²) in [7, 11) is 0.742. The summed E-state index contributed by atoms with van der Waals surface area (Å²) >= 11 is 0. The third-order valence-corrected chi connectivity index (χ3v) is 4.22. The molecule has 0 aromatic heterocycles. The largest absolute Gasteiger partial charge is 0.481 e. The second kappa shape index (κ2) is 6.49. The van der Waals surface area contributed by atoms with Gasteiger partial charge in [0.05, 0.1) is 18.3 Å².